The number of carbonyl (C=O) groups is 3. The van der Waals surface area contributed by atoms with Gasteiger partial charge in [-0.3, -0.25) is 9.59 Å². The predicted molar refractivity (Wildman–Crippen MR) is 136 cm³/mol. The molecule has 0 unspecified atom stereocenters. The van der Waals surface area contributed by atoms with Crippen LogP contribution in [0.15, 0.2) is 41.3 Å². The molecule has 0 aromatic heterocycles. The molecular formula is C26H31F2N3O6S. The van der Waals surface area contributed by atoms with Gasteiger partial charge in [0, 0.05) is 6.54 Å². The van der Waals surface area contributed by atoms with Crippen LogP contribution in [-0.2, 0) is 25.9 Å². The molecule has 1 atom stereocenters. The van der Waals surface area contributed by atoms with E-state index in [0.717, 1.165) is 17.4 Å². The molecule has 2 N–H and O–H groups in total. The van der Waals surface area contributed by atoms with Crippen molar-refractivity contribution in [2.75, 3.05) is 17.2 Å². The number of benzene rings is 2. The maximum Gasteiger partial charge on any atom is 0.408 e. The third-order valence-corrected chi connectivity index (χ3v) is 7.40. The Morgan fingerprint density at radius 2 is 1.79 bits per heavy atom. The van der Waals surface area contributed by atoms with Crippen LogP contribution in [0.2, 0.25) is 0 Å². The molecule has 9 nitrogen and oxygen atoms in total. The van der Waals surface area contributed by atoms with Crippen molar-refractivity contribution in [1.82, 2.24) is 10.6 Å². The third-order valence-electron chi connectivity index (χ3n) is 5.63. The topological polar surface area (TPSA) is 122 Å². The molecule has 0 saturated heterocycles. The van der Waals surface area contributed by atoms with Crippen LogP contribution in [0.5, 0.6) is 0 Å². The molecule has 1 aliphatic heterocycles. The molecule has 0 saturated carbocycles. The molecule has 12 heteroatoms. The second-order valence-electron chi connectivity index (χ2n) is 9.94. The molecule has 0 aliphatic carbocycles. The number of nitrogens with zero attached hydrogens (tertiary/aromatic N) is 1. The van der Waals surface area contributed by atoms with Gasteiger partial charge in [0.15, 0.2) is 9.84 Å². The van der Waals surface area contributed by atoms with Gasteiger partial charge >= 0.3 is 6.09 Å². The van der Waals surface area contributed by atoms with Gasteiger partial charge in [-0.25, -0.2) is 22.0 Å². The zero-order valence-electron chi connectivity index (χ0n) is 21.6. The highest BCUT2D eigenvalue weighted by molar-refractivity contribution is 7.91. The number of alkyl carbamates (subject to hydrolysis) is 1. The minimum absolute atomic E-state index is 0.227. The summed E-state index contributed by atoms with van der Waals surface area (Å²) in [7, 11) is -4.33. The highest BCUT2D eigenvalue weighted by Gasteiger charge is 2.40. The largest absolute Gasteiger partial charge is 0.444 e. The number of ether oxygens (including phenoxy) is 1. The summed E-state index contributed by atoms with van der Waals surface area (Å²) in [6, 6.07) is 5.29. The van der Waals surface area contributed by atoms with Crippen LogP contribution in [-0.4, -0.2) is 50.3 Å². The Kier molecular flexibility index (Phi) is 8.75. The number of amides is 3. The van der Waals surface area contributed by atoms with Gasteiger partial charge in [0.1, 0.15) is 23.3 Å². The number of nitrogens with one attached hydrogen (secondary N) is 2. The number of hydrogen-bond acceptors (Lipinski definition) is 6. The van der Waals surface area contributed by atoms with E-state index in [4.69, 9.17) is 4.74 Å². The van der Waals surface area contributed by atoms with E-state index in [1.807, 2.05) is 6.92 Å². The Morgan fingerprint density at radius 1 is 1.13 bits per heavy atom. The smallest absolute Gasteiger partial charge is 0.408 e. The lowest BCUT2D eigenvalue weighted by Crippen LogP contribution is -2.51. The summed E-state index contributed by atoms with van der Waals surface area (Å²) in [5.41, 5.74) is -1.16. The van der Waals surface area contributed by atoms with Crippen molar-refractivity contribution in [2.45, 2.75) is 63.6 Å². The summed E-state index contributed by atoms with van der Waals surface area (Å²) < 4.78 is 60.4. The monoisotopic (exact) mass is 551 g/mol. The fraction of sp³-hybridized carbons (Fsp3) is 0.423. The molecule has 206 valence electrons. The van der Waals surface area contributed by atoms with Gasteiger partial charge in [0.2, 0.25) is 0 Å². The van der Waals surface area contributed by atoms with Crippen LogP contribution in [0.25, 0.3) is 0 Å². The average molecular weight is 552 g/mol. The van der Waals surface area contributed by atoms with Gasteiger partial charge < -0.3 is 20.3 Å². The van der Waals surface area contributed by atoms with Crippen molar-refractivity contribution in [3.63, 3.8) is 0 Å². The molecule has 0 fully saturated rings. The van der Waals surface area contributed by atoms with Crippen LogP contribution in [0, 0.1) is 11.6 Å². The van der Waals surface area contributed by atoms with Crippen molar-refractivity contribution in [1.29, 1.82) is 0 Å². The Labute approximate surface area is 220 Å². The maximum atomic E-state index is 15.0. The fourth-order valence-corrected chi connectivity index (χ4v) is 5.44. The summed E-state index contributed by atoms with van der Waals surface area (Å²) in [6.07, 6.45) is 0.428. The first-order chi connectivity index (χ1) is 17.7. The number of halogens is 2. The van der Waals surface area contributed by atoms with E-state index < -0.39 is 67.2 Å². The SMILES string of the molecule is CCCCNC(=O)c1cc2c(cc1F)S(=O)(=O)C[C@H](NC(=O)OC(C)(C)C)C(=O)N2Cc1ccc(F)cc1. The number of unbranched alkanes of at least 4 members (excludes halogenated alkanes) is 1. The zero-order chi connectivity index (χ0) is 28.3. The molecular weight excluding hydrogens is 520 g/mol. The van der Waals surface area contributed by atoms with Crippen molar-refractivity contribution in [2.24, 2.45) is 0 Å². The lowest BCUT2D eigenvalue weighted by molar-refractivity contribution is -0.120. The molecule has 0 spiro atoms. The standard InChI is InChI=1S/C26H31F2N3O6S/c1-5-6-11-29-23(32)18-12-21-22(13-19(18)28)38(35,36)15-20(30-25(34)37-26(2,3)4)24(33)31(21)14-16-7-9-17(27)10-8-16/h7-10,12-13,20H,5-6,11,14-15H2,1-4H3,(H,29,32)(H,30,34)/t20-/m0/s1. The summed E-state index contributed by atoms with van der Waals surface area (Å²) in [5.74, 6) is -4.05. The molecule has 38 heavy (non-hydrogen) atoms. The van der Waals surface area contributed by atoms with Gasteiger partial charge in [-0.2, -0.15) is 0 Å². The molecule has 1 heterocycles. The lowest BCUT2D eigenvalue weighted by Gasteiger charge is -2.27. The molecule has 3 amide bonds. The van der Waals surface area contributed by atoms with Crippen LogP contribution < -0.4 is 15.5 Å². The van der Waals surface area contributed by atoms with Crippen LogP contribution in [0.4, 0.5) is 19.3 Å². The van der Waals surface area contributed by atoms with E-state index in [1.54, 1.807) is 20.8 Å². The van der Waals surface area contributed by atoms with E-state index >= 15 is 4.39 Å². The second-order valence-corrected chi connectivity index (χ2v) is 11.9. The molecule has 0 radical (unpaired) electrons. The van der Waals surface area contributed by atoms with E-state index in [0.29, 0.717) is 18.1 Å². The normalized spacial score (nSPS) is 16.8. The highest BCUT2D eigenvalue weighted by atomic mass is 32.2. The minimum Gasteiger partial charge on any atom is -0.444 e. The Hall–Kier alpha value is -3.54. The van der Waals surface area contributed by atoms with E-state index in [9.17, 15) is 27.2 Å². The summed E-state index contributed by atoms with van der Waals surface area (Å²) >= 11 is 0. The molecule has 0 bridgehead atoms. The predicted octanol–water partition coefficient (Wildman–Crippen LogP) is 3.71. The molecule has 1 aliphatic rings. The fourth-order valence-electron chi connectivity index (χ4n) is 3.83. The van der Waals surface area contributed by atoms with Crippen LogP contribution >= 0.6 is 0 Å². The summed E-state index contributed by atoms with van der Waals surface area (Å²) in [5, 5.41) is 4.88. The minimum atomic E-state index is -4.33. The zero-order valence-corrected chi connectivity index (χ0v) is 22.5. The number of fused-ring (bicyclic) bond motifs is 1. The first-order valence-electron chi connectivity index (χ1n) is 12.1. The molecule has 2 aromatic rings. The van der Waals surface area contributed by atoms with Gasteiger partial charge in [-0.15, -0.1) is 0 Å². The number of hydrogen-bond donors (Lipinski definition) is 2. The van der Waals surface area contributed by atoms with Crippen LogP contribution in [0.3, 0.4) is 0 Å². The Balaban J connectivity index is 2.11. The quantitative estimate of drug-likeness (QED) is 0.506. The number of rotatable bonds is 7. The number of anilines is 1. The van der Waals surface area contributed by atoms with E-state index in [1.165, 1.54) is 24.3 Å². The third kappa shape index (κ3) is 7.06. The van der Waals surface area contributed by atoms with Gasteiger partial charge in [0.05, 0.1) is 28.4 Å². The Bertz CT molecular complexity index is 1320. The summed E-state index contributed by atoms with van der Waals surface area (Å²) in [6.45, 7) is 6.77. The van der Waals surface area contributed by atoms with E-state index in [2.05, 4.69) is 10.6 Å². The Morgan fingerprint density at radius 3 is 2.39 bits per heavy atom. The summed E-state index contributed by atoms with van der Waals surface area (Å²) in [4.78, 5) is 39.3. The molecule has 3 rings (SSSR count). The molecule has 2 aromatic carbocycles. The maximum absolute atomic E-state index is 15.0. The van der Waals surface area contributed by atoms with Crippen molar-refractivity contribution >= 4 is 33.4 Å². The van der Waals surface area contributed by atoms with E-state index in [-0.39, 0.29) is 18.8 Å². The van der Waals surface area contributed by atoms with Gasteiger partial charge in [-0.05, 0) is 57.0 Å². The van der Waals surface area contributed by atoms with Crippen molar-refractivity contribution in [3.8, 4) is 0 Å². The average Bonchev–Trinajstić information content (AvgIpc) is 2.87. The van der Waals surface area contributed by atoms with Crippen molar-refractivity contribution in [3.05, 3.63) is 59.2 Å². The van der Waals surface area contributed by atoms with Crippen molar-refractivity contribution < 1.29 is 36.3 Å². The first-order valence-corrected chi connectivity index (χ1v) is 13.8. The highest BCUT2D eigenvalue weighted by Crippen LogP contribution is 2.34. The first kappa shape index (κ1) is 29.0. The van der Waals surface area contributed by atoms with Gasteiger partial charge in [0.25, 0.3) is 11.8 Å². The number of sulfone groups is 1. The van der Waals surface area contributed by atoms with Crippen LogP contribution in [0.1, 0.15) is 56.5 Å². The number of carbonyl (C=O) groups excluding carboxylic acids is 3. The van der Waals surface area contributed by atoms with Gasteiger partial charge in [-0.1, -0.05) is 25.5 Å². The lowest BCUT2D eigenvalue weighted by atomic mass is 10.1. The second kappa shape index (κ2) is 11.5.